The van der Waals surface area contributed by atoms with Crippen molar-refractivity contribution in [3.05, 3.63) is 41.6 Å². The molecular formula is C10H10ClN3O2. The van der Waals surface area contributed by atoms with E-state index in [2.05, 4.69) is 10.4 Å². The molecule has 1 amide bonds. The molecule has 5 nitrogen and oxygen atoms in total. The zero-order chi connectivity index (χ0) is 11.4. The van der Waals surface area contributed by atoms with Crippen molar-refractivity contribution in [1.29, 1.82) is 0 Å². The second-order valence-electron chi connectivity index (χ2n) is 3.13. The van der Waals surface area contributed by atoms with Crippen molar-refractivity contribution in [2.45, 2.75) is 6.54 Å². The molecule has 2 heterocycles. The van der Waals surface area contributed by atoms with E-state index < -0.39 is 0 Å². The molecule has 16 heavy (non-hydrogen) atoms. The van der Waals surface area contributed by atoms with Crippen LogP contribution in [0, 0.1) is 0 Å². The third-order valence-corrected chi connectivity index (χ3v) is 2.34. The maximum atomic E-state index is 11.6. The molecule has 0 saturated heterocycles. The van der Waals surface area contributed by atoms with Gasteiger partial charge in [0.2, 0.25) is 5.22 Å². The first-order valence-electron chi connectivity index (χ1n) is 4.76. The van der Waals surface area contributed by atoms with E-state index in [0.717, 1.165) is 0 Å². The first-order chi connectivity index (χ1) is 7.77. The van der Waals surface area contributed by atoms with Crippen LogP contribution in [0.2, 0.25) is 5.22 Å². The average molecular weight is 240 g/mol. The van der Waals surface area contributed by atoms with Gasteiger partial charge in [0.05, 0.1) is 18.4 Å². The van der Waals surface area contributed by atoms with Crippen LogP contribution in [0.3, 0.4) is 0 Å². The summed E-state index contributed by atoms with van der Waals surface area (Å²) < 4.78 is 6.56. The van der Waals surface area contributed by atoms with Gasteiger partial charge in [-0.1, -0.05) is 0 Å². The van der Waals surface area contributed by atoms with Gasteiger partial charge in [0.25, 0.3) is 5.91 Å². The van der Waals surface area contributed by atoms with Crippen molar-refractivity contribution >= 4 is 17.5 Å². The van der Waals surface area contributed by atoms with Gasteiger partial charge in [0.15, 0.2) is 0 Å². The van der Waals surface area contributed by atoms with Gasteiger partial charge in [0, 0.05) is 18.9 Å². The first-order valence-corrected chi connectivity index (χ1v) is 5.14. The quantitative estimate of drug-likeness (QED) is 0.881. The summed E-state index contributed by atoms with van der Waals surface area (Å²) in [5.41, 5.74) is 0.349. The Hall–Kier alpha value is -1.75. The summed E-state index contributed by atoms with van der Waals surface area (Å²) >= 11 is 5.67. The van der Waals surface area contributed by atoms with Crippen LogP contribution >= 0.6 is 11.6 Å². The maximum Gasteiger partial charge on any atom is 0.256 e. The number of amides is 1. The fourth-order valence-electron chi connectivity index (χ4n) is 1.27. The second-order valence-corrected chi connectivity index (χ2v) is 3.48. The molecule has 2 aromatic heterocycles. The monoisotopic (exact) mass is 239 g/mol. The molecule has 0 bridgehead atoms. The summed E-state index contributed by atoms with van der Waals surface area (Å²) in [6.45, 7) is 1.11. The minimum atomic E-state index is -0.245. The third kappa shape index (κ3) is 2.43. The number of rotatable bonds is 4. The predicted octanol–water partition coefficient (Wildman–Crippen LogP) is 1.56. The molecule has 0 unspecified atom stereocenters. The summed E-state index contributed by atoms with van der Waals surface area (Å²) in [5.74, 6) is -0.245. The summed E-state index contributed by atoms with van der Waals surface area (Å²) in [6, 6.07) is 3.36. The van der Waals surface area contributed by atoms with Crippen LogP contribution < -0.4 is 5.32 Å². The van der Waals surface area contributed by atoms with Crippen LogP contribution in [0.5, 0.6) is 0 Å². The first kappa shape index (κ1) is 10.8. The number of carbonyl (C=O) groups is 1. The number of furan rings is 1. The molecule has 1 N–H and O–H groups in total. The number of aromatic nitrogens is 2. The van der Waals surface area contributed by atoms with Gasteiger partial charge < -0.3 is 9.73 Å². The smallest absolute Gasteiger partial charge is 0.256 e. The zero-order valence-corrected chi connectivity index (χ0v) is 9.15. The normalized spacial score (nSPS) is 10.3. The van der Waals surface area contributed by atoms with Crippen molar-refractivity contribution in [2.75, 3.05) is 6.54 Å². The number of hydrogen-bond donors (Lipinski definition) is 1. The fourth-order valence-corrected chi connectivity index (χ4v) is 1.47. The van der Waals surface area contributed by atoms with Crippen LogP contribution in [0.25, 0.3) is 0 Å². The topological polar surface area (TPSA) is 60.1 Å². The van der Waals surface area contributed by atoms with Gasteiger partial charge in [0.1, 0.15) is 0 Å². The standard InChI is InChI=1S/C10H10ClN3O2/c11-9-8(2-7-16-9)10(15)12-4-6-14-5-1-3-13-14/h1-3,5,7H,4,6H2,(H,12,15). The van der Waals surface area contributed by atoms with Crippen LogP contribution in [0.15, 0.2) is 35.2 Å². The second kappa shape index (κ2) is 4.85. The molecule has 0 saturated carbocycles. The van der Waals surface area contributed by atoms with Crippen LogP contribution in [-0.4, -0.2) is 22.2 Å². The van der Waals surface area contributed by atoms with Gasteiger partial charge in [-0.25, -0.2) is 0 Å². The predicted molar refractivity (Wildman–Crippen MR) is 58.3 cm³/mol. The van der Waals surface area contributed by atoms with Crippen LogP contribution in [-0.2, 0) is 6.54 Å². The van der Waals surface area contributed by atoms with Crippen molar-refractivity contribution in [1.82, 2.24) is 15.1 Å². The van der Waals surface area contributed by atoms with Crippen LogP contribution in [0.1, 0.15) is 10.4 Å². The van der Waals surface area contributed by atoms with E-state index >= 15 is 0 Å². The molecule has 2 rings (SSSR count). The molecule has 0 fully saturated rings. The molecule has 6 heteroatoms. The Morgan fingerprint density at radius 1 is 1.62 bits per heavy atom. The van der Waals surface area contributed by atoms with E-state index in [-0.39, 0.29) is 11.1 Å². The Bertz CT molecular complexity index is 464. The van der Waals surface area contributed by atoms with E-state index in [4.69, 9.17) is 16.0 Å². The van der Waals surface area contributed by atoms with E-state index in [9.17, 15) is 4.79 Å². The van der Waals surface area contributed by atoms with E-state index in [1.165, 1.54) is 12.3 Å². The molecule has 0 radical (unpaired) electrons. The maximum absolute atomic E-state index is 11.6. The molecular weight excluding hydrogens is 230 g/mol. The fraction of sp³-hybridized carbons (Fsp3) is 0.200. The van der Waals surface area contributed by atoms with E-state index in [0.29, 0.717) is 18.7 Å². The molecule has 0 spiro atoms. The number of nitrogens with zero attached hydrogens (tertiary/aromatic N) is 2. The van der Waals surface area contributed by atoms with Crippen molar-refractivity contribution in [2.24, 2.45) is 0 Å². The number of hydrogen-bond acceptors (Lipinski definition) is 3. The molecule has 0 aromatic carbocycles. The minimum absolute atomic E-state index is 0.108. The van der Waals surface area contributed by atoms with Crippen molar-refractivity contribution in [3.63, 3.8) is 0 Å². The summed E-state index contributed by atoms with van der Waals surface area (Å²) in [4.78, 5) is 11.6. The number of nitrogens with one attached hydrogen (secondary N) is 1. The van der Waals surface area contributed by atoms with Crippen LogP contribution in [0.4, 0.5) is 0 Å². The largest absolute Gasteiger partial charge is 0.452 e. The molecule has 0 aliphatic rings. The van der Waals surface area contributed by atoms with Crippen molar-refractivity contribution in [3.8, 4) is 0 Å². The third-order valence-electron chi connectivity index (χ3n) is 2.05. The lowest BCUT2D eigenvalue weighted by molar-refractivity contribution is 0.0951. The minimum Gasteiger partial charge on any atom is -0.452 e. The highest BCUT2D eigenvalue weighted by Crippen LogP contribution is 2.15. The number of carbonyl (C=O) groups excluding carboxylic acids is 1. The zero-order valence-electron chi connectivity index (χ0n) is 8.39. The van der Waals surface area contributed by atoms with Gasteiger partial charge in [-0.15, -0.1) is 0 Å². The van der Waals surface area contributed by atoms with E-state index in [1.807, 2.05) is 12.3 Å². The molecule has 2 aromatic rings. The Kier molecular flexibility index (Phi) is 3.26. The van der Waals surface area contributed by atoms with Gasteiger partial charge in [-0.05, 0) is 23.7 Å². The van der Waals surface area contributed by atoms with Crippen molar-refractivity contribution < 1.29 is 9.21 Å². The molecule has 0 aliphatic carbocycles. The lowest BCUT2D eigenvalue weighted by atomic mass is 10.3. The highest BCUT2D eigenvalue weighted by Gasteiger charge is 2.11. The Labute approximate surface area is 97.0 Å². The molecule has 0 aliphatic heterocycles. The Morgan fingerprint density at radius 3 is 3.12 bits per heavy atom. The SMILES string of the molecule is O=C(NCCn1cccn1)c1ccoc1Cl. The summed E-state index contributed by atoms with van der Waals surface area (Å²) in [5, 5.41) is 6.84. The Morgan fingerprint density at radius 2 is 2.50 bits per heavy atom. The molecule has 84 valence electrons. The molecule has 0 atom stereocenters. The summed E-state index contributed by atoms with van der Waals surface area (Å²) in [6.07, 6.45) is 4.90. The highest BCUT2D eigenvalue weighted by atomic mass is 35.5. The van der Waals surface area contributed by atoms with E-state index in [1.54, 1.807) is 10.9 Å². The lowest BCUT2D eigenvalue weighted by Gasteiger charge is -2.03. The van der Waals surface area contributed by atoms with Gasteiger partial charge >= 0.3 is 0 Å². The average Bonchev–Trinajstić information content (AvgIpc) is 2.88. The highest BCUT2D eigenvalue weighted by molar-refractivity contribution is 6.32. The van der Waals surface area contributed by atoms with Gasteiger partial charge in [-0.2, -0.15) is 5.10 Å². The lowest BCUT2D eigenvalue weighted by Crippen LogP contribution is -2.27. The summed E-state index contributed by atoms with van der Waals surface area (Å²) in [7, 11) is 0. The Balaban J connectivity index is 1.83. The van der Waals surface area contributed by atoms with Gasteiger partial charge in [-0.3, -0.25) is 9.48 Å². The number of halogens is 1.